The van der Waals surface area contributed by atoms with Crippen LogP contribution in [-0.2, 0) is 10.3 Å². The zero-order chi connectivity index (χ0) is 12.8. The number of amidine groups is 1. The van der Waals surface area contributed by atoms with E-state index in [4.69, 9.17) is 4.74 Å². The first-order valence-corrected chi connectivity index (χ1v) is 6.10. The van der Waals surface area contributed by atoms with E-state index >= 15 is 0 Å². The first-order valence-electron chi connectivity index (χ1n) is 6.10. The van der Waals surface area contributed by atoms with E-state index in [2.05, 4.69) is 16.4 Å². The maximum atomic E-state index is 9.47. The van der Waals surface area contributed by atoms with Crippen molar-refractivity contribution in [2.45, 2.75) is 25.0 Å². The molecule has 2 aliphatic rings. The second-order valence-electron chi connectivity index (χ2n) is 4.95. The van der Waals surface area contributed by atoms with Gasteiger partial charge in [-0.15, -0.1) is 0 Å². The van der Waals surface area contributed by atoms with Gasteiger partial charge in [0.05, 0.1) is 6.54 Å². The predicted octanol–water partition coefficient (Wildman–Crippen LogP) is 1.50. The highest BCUT2D eigenvalue weighted by Crippen LogP contribution is 2.56. The van der Waals surface area contributed by atoms with Gasteiger partial charge in [-0.2, -0.15) is 5.26 Å². The topological polar surface area (TPSA) is 60.7 Å². The first kappa shape index (κ1) is 11.2. The molecule has 0 amide bonds. The summed E-state index contributed by atoms with van der Waals surface area (Å²) < 4.78 is 5.80. The Morgan fingerprint density at radius 2 is 2.11 bits per heavy atom. The van der Waals surface area contributed by atoms with Crippen molar-refractivity contribution in [1.29, 1.82) is 5.26 Å². The molecule has 3 rings (SSSR count). The van der Waals surface area contributed by atoms with Gasteiger partial charge in [0, 0.05) is 6.54 Å². The largest absolute Gasteiger partial charge is 0.368 e. The molecule has 2 heterocycles. The second kappa shape index (κ2) is 3.56. The van der Waals surface area contributed by atoms with Crippen LogP contribution in [0.2, 0.25) is 0 Å². The molecule has 0 aliphatic carbocycles. The molecule has 2 atom stereocenters. The minimum absolute atomic E-state index is 0.592. The number of epoxide rings is 1. The second-order valence-corrected chi connectivity index (χ2v) is 4.95. The van der Waals surface area contributed by atoms with Crippen LogP contribution >= 0.6 is 0 Å². The number of hydrogen-bond donors (Lipinski definition) is 1. The normalized spacial score (nSPS) is 33.5. The molecule has 92 valence electrons. The summed E-state index contributed by atoms with van der Waals surface area (Å²) in [6.07, 6.45) is 0. The lowest BCUT2D eigenvalue weighted by Gasteiger charge is -2.11. The van der Waals surface area contributed by atoms with E-state index in [0.29, 0.717) is 12.4 Å². The summed E-state index contributed by atoms with van der Waals surface area (Å²) in [5.74, 6) is 0.674. The van der Waals surface area contributed by atoms with Crippen LogP contribution in [0.1, 0.15) is 18.1 Å². The predicted molar refractivity (Wildman–Crippen MR) is 68.3 cm³/mol. The lowest BCUT2D eigenvalue weighted by molar-refractivity contribution is 0.311. The Labute approximate surface area is 106 Å². The number of rotatable bonds is 2. The lowest BCUT2D eigenvalue weighted by Crippen LogP contribution is -2.37. The Bertz CT molecular complexity index is 557. The quantitative estimate of drug-likeness (QED) is 0.798. The standard InChI is InChI=1S/C14H15N3O/c1-10-3-5-11(6-4-10)13(2)14(9-15,18-13)12-16-7-8-17-12/h3-6H,7-8H2,1-2H3,(H,16,17)/t13-,14+/m1/s1. The molecule has 4 nitrogen and oxygen atoms in total. The maximum absolute atomic E-state index is 9.47. The van der Waals surface area contributed by atoms with E-state index < -0.39 is 11.2 Å². The van der Waals surface area contributed by atoms with Crippen molar-refractivity contribution in [3.05, 3.63) is 35.4 Å². The van der Waals surface area contributed by atoms with Crippen LogP contribution in [0.25, 0.3) is 0 Å². The molecular weight excluding hydrogens is 226 g/mol. The number of nitriles is 1. The lowest BCUT2D eigenvalue weighted by atomic mass is 9.87. The van der Waals surface area contributed by atoms with E-state index in [9.17, 15) is 5.26 Å². The van der Waals surface area contributed by atoms with E-state index in [1.54, 1.807) is 0 Å². The highest BCUT2D eigenvalue weighted by Gasteiger charge is 2.72. The molecule has 0 radical (unpaired) electrons. The zero-order valence-electron chi connectivity index (χ0n) is 10.5. The Morgan fingerprint density at radius 3 is 2.67 bits per heavy atom. The smallest absolute Gasteiger partial charge is 0.245 e. The molecular formula is C14H15N3O. The van der Waals surface area contributed by atoms with Gasteiger partial charge in [-0.25, -0.2) is 0 Å². The van der Waals surface area contributed by atoms with Crippen LogP contribution in [-0.4, -0.2) is 24.5 Å². The van der Waals surface area contributed by atoms with Crippen molar-refractivity contribution in [2.24, 2.45) is 4.99 Å². The van der Waals surface area contributed by atoms with E-state index in [-0.39, 0.29) is 0 Å². The van der Waals surface area contributed by atoms with Crippen molar-refractivity contribution in [3.8, 4) is 6.07 Å². The van der Waals surface area contributed by atoms with Gasteiger partial charge in [0.25, 0.3) is 0 Å². The number of ether oxygens (including phenoxy) is 1. The molecule has 1 aromatic rings. The van der Waals surface area contributed by atoms with Gasteiger partial charge in [-0.3, -0.25) is 4.99 Å². The van der Waals surface area contributed by atoms with Gasteiger partial charge >= 0.3 is 0 Å². The van der Waals surface area contributed by atoms with Crippen LogP contribution in [0.5, 0.6) is 0 Å². The first-order chi connectivity index (χ1) is 8.62. The molecule has 1 aromatic carbocycles. The Morgan fingerprint density at radius 1 is 1.39 bits per heavy atom. The van der Waals surface area contributed by atoms with Crippen LogP contribution in [0.4, 0.5) is 0 Å². The van der Waals surface area contributed by atoms with Crippen molar-refractivity contribution in [3.63, 3.8) is 0 Å². The molecule has 0 bridgehead atoms. The molecule has 4 heteroatoms. The SMILES string of the molecule is Cc1ccc([C@@]2(C)O[C@@]2(C#N)C2=NCCN2)cc1. The Hall–Kier alpha value is -1.86. The summed E-state index contributed by atoms with van der Waals surface area (Å²) in [6.45, 7) is 5.49. The fraction of sp³-hybridized carbons (Fsp3) is 0.429. The summed E-state index contributed by atoms with van der Waals surface area (Å²) in [7, 11) is 0. The van der Waals surface area contributed by atoms with Crippen LogP contribution < -0.4 is 5.32 Å². The molecule has 0 spiro atoms. The molecule has 0 unspecified atom stereocenters. The highest BCUT2D eigenvalue weighted by molar-refractivity contribution is 5.98. The number of benzene rings is 1. The fourth-order valence-corrected chi connectivity index (χ4v) is 2.50. The minimum atomic E-state index is -0.932. The van der Waals surface area contributed by atoms with E-state index in [1.807, 2.05) is 38.1 Å². The molecule has 1 fully saturated rings. The minimum Gasteiger partial charge on any atom is -0.368 e. The maximum Gasteiger partial charge on any atom is 0.245 e. The summed E-state index contributed by atoms with van der Waals surface area (Å²) in [6, 6.07) is 10.4. The van der Waals surface area contributed by atoms with Crippen molar-refractivity contribution in [1.82, 2.24) is 5.32 Å². The van der Waals surface area contributed by atoms with Crippen LogP contribution in [0.3, 0.4) is 0 Å². The van der Waals surface area contributed by atoms with Gasteiger partial charge in [-0.1, -0.05) is 29.8 Å². The zero-order valence-corrected chi connectivity index (χ0v) is 10.5. The summed E-state index contributed by atoms with van der Waals surface area (Å²) in [5, 5.41) is 12.6. The average molecular weight is 241 g/mol. The third-order valence-electron chi connectivity index (χ3n) is 3.75. The number of aryl methyl sites for hydroxylation is 1. The summed E-state index contributed by atoms with van der Waals surface area (Å²) >= 11 is 0. The van der Waals surface area contributed by atoms with Crippen molar-refractivity contribution >= 4 is 5.84 Å². The third kappa shape index (κ3) is 1.31. The number of nitrogens with one attached hydrogen (secondary N) is 1. The van der Waals surface area contributed by atoms with Crippen LogP contribution in [0, 0.1) is 18.3 Å². The van der Waals surface area contributed by atoms with Crippen molar-refractivity contribution < 1.29 is 4.74 Å². The Balaban J connectivity index is 1.99. The number of aliphatic imine (C=N–C) groups is 1. The molecule has 0 aromatic heterocycles. The van der Waals surface area contributed by atoms with E-state index in [0.717, 1.165) is 12.1 Å². The molecule has 0 saturated carbocycles. The van der Waals surface area contributed by atoms with Gasteiger partial charge < -0.3 is 10.1 Å². The summed E-state index contributed by atoms with van der Waals surface area (Å²) in [5.41, 5.74) is 0.692. The molecule has 18 heavy (non-hydrogen) atoms. The molecule has 2 aliphatic heterocycles. The Kier molecular flexibility index (Phi) is 2.23. The van der Waals surface area contributed by atoms with Gasteiger partial charge in [0.1, 0.15) is 17.5 Å². The molecule has 1 saturated heterocycles. The van der Waals surface area contributed by atoms with Gasteiger partial charge in [0.15, 0.2) is 0 Å². The van der Waals surface area contributed by atoms with Crippen molar-refractivity contribution in [2.75, 3.05) is 13.1 Å². The fourth-order valence-electron chi connectivity index (χ4n) is 2.50. The molecule has 1 N–H and O–H groups in total. The van der Waals surface area contributed by atoms with E-state index in [1.165, 1.54) is 5.56 Å². The van der Waals surface area contributed by atoms with Gasteiger partial charge in [0.2, 0.25) is 5.60 Å². The number of nitrogens with zero attached hydrogens (tertiary/aromatic N) is 2. The summed E-state index contributed by atoms with van der Waals surface area (Å²) in [4.78, 5) is 4.34. The average Bonchev–Trinajstić information content (AvgIpc) is 2.79. The highest BCUT2D eigenvalue weighted by atomic mass is 16.6. The monoisotopic (exact) mass is 241 g/mol. The third-order valence-corrected chi connectivity index (χ3v) is 3.75. The van der Waals surface area contributed by atoms with Crippen LogP contribution in [0.15, 0.2) is 29.3 Å². The number of hydrogen-bond acceptors (Lipinski definition) is 4. The van der Waals surface area contributed by atoms with Gasteiger partial charge in [-0.05, 0) is 19.4 Å².